The standard InChI is InChI=1S/C10H10N2O4S3/c1-19(15,16)10-12-11-9(17-10)6-7-3-2-4-8(5-7)18(13)14/h2-5H,6H2,1H3,(H,13,14). The van der Waals surface area contributed by atoms with E-state index in [1.165, 1.54) is 0 Å². The number of hydrogen-bond acceptors (Lipinski definition) is 6. The van der Waals surface area contributed by atoms with Crippen molar-refractivity contribution in [1.29, 1.82) is 0 Å². The van der Waals surface area contributed by atoms with Crippen molar-refractivity contribution in [2.75, 3.05) is 6.26 Å². The molecule has 102 valence electrons. The molecule has 1 heterocycles. The largest absolute Gasteiger partial charge is 0.302 e. The number of rotatable bonds is 4. The Morgan fingerprint density at radius 3 is 2.68 bits per heavy atom. The van der Waals surface area contributed by atoms with Crippen LogP contribution in [0.1, 0.15) is 10.6 Å². The molecule has 1 atom stereocenters. The van der Waals surface area contributed by atoms with Gasteiger partial charge in [-0.2, -0.15) is 0 Å². The van der Waals surface area contributed by atoms with E-state index in [1.54, 1.807) is 24.3 Å². The molecular weight excluding hydrogens is 308 g/mol. The van der Waals surface area contributed by atoms with E-state index in [9.17, 15) is 12.6 Å². The minimum Gasteiger partial charge on any atom is -0.302 e. The molecule has 1 unspecified atom stereocenters. The predicted octanol–water partition coefficient (Wildman–Crippen LogP) is 1.11. The molecule has 0 saturated carbocycles. The Balaban J connectivity index is 2.24. The zero-order valence-electron chi connectivity index (χ0n) is 9.81. The summed E-state index contributed by atoms with van der Waals surface area (Å²) in [7, 11) is -3.34. The van der Waals surface area contributed by atoms with Gasteiger partial charge >= 0.3 is 0 Å². The second-order valence-electron chi connectivity index (χ2n) is 3.81. The summed E-state index contributed by atoms with van der Waals surface area (Å²) < 4.78 is 42.5. The molecule has 1 aromatic carbocycles. The first-order valence-electron chi connectivity index (χ1n) is 5.08. The van der Waals surface area contributed by atoms with E-state index in [0.29, 0.717) is 16.3 Å². The van der Waals surface area contributed by atoms with Crippen LogP contribution in [0.3, 0.4) is 0 Å². The lowest BCUT2D eigenvalue weighted by Gasteiger charge is -1.99. The van der Waals surface area contributed by atoms with Crippen LogP contribution in [0, 0.1) is 0 Å². The first kappa shape index (κ1) is 14.3. The molecule has 0 spiro atoms. The van der Waals surface area contributed by atoms with Crippen molar-refractivity contribution in [2.45, 2.75) is 15.7 Å². The third-order valence-corrected chi connectivity index (χ3v) is 5.47. The van der Waals surface area contributed by atoms with Crippen LogP contribution in [0.15, 0.2) is 33.5 Å². The molecule has 0 aliphatic carbocycles. The first-order valence-corrected chi connectivity index (χ1v) is 8.90. The van der Waals surface area contributed by atoms with Gasteiger partial charge in [-0.3, -0.25) is 0 Å². The van der Waals surface area contributed by atoms with Crippen LogP contribution in [0.5, 0.6) is 0 Å². The van der Waals surface area contributed by atoms with E-state index in [2.05, 4.69) is 10.2 Å². The lowest BCUT2D eigenvalue weighted by molar-refractivity contribution is 0.564. The lowest BCUT2D eigenvalue weighted by Crippen LogP contribution is -1.95. The van der Waals surface area contributed by atoms with Gasteiger partial charge in [0.1, 0.15) is 5.01 Å². The number of benzene rings is 1. The molecule has 2 rings (SSSR count). The molecule has 9 heteroatoms. The molecular formula is C10H10N2O4S3. The van der Waals surface area contributed by atoms with Gasteiger partial charge in [0.05, 0.1) is 4.90 Å². The fourth-order valence-electron chi connectivity index (χ4n) is 1.40. The van der Waals surface area contributed by atoms with Crippen molar-refractivity contribution in [1.82, 2.24) is 10.2 Å². The molecule has 6 nitrogen and oxygen atoms in total. The summed E-state index contributed by atoms with van der Waals surface area (Å²) in [5.41, 5.74) is 0.774. The van der Waals surface area contributed by atoms with Crippen LogP contribution in [0.25, 0.3) is 0 Å². The van der Waals surface area contributed by atoms with Gasteiger partial charge in [-0.15, -0.1) is 10.2 Å². The Morgan fingerprint density at radius 1 is 1.37 bits per heavy atom. The fourth-order valence-corrected chi connectivity index (χ4v) is 3.53. The van der Waals surface area contributed by atoms with Gasteiger partial charge in [0, 0.05) is 12.7 Å². The Hall–Kier alpha value is -1.16. The zero-order valence-corrected chi connectivity index (χ0v) is 12.3. The molecule has 0 amide bonds. The van der Waals surface area contributed by atoms with E-state index in [-0.39, 0.29) is 4.34 Å². The molecule has 19 heavy (non-hydrogen) atoms. The Labute approximate surface area is 116 Å². The van der Waals surface area contributed by atoms with Gasteiger partial charge < -0.3 is 4.55 Å². The van der Waals surface area contributed by atoms with E-state index >= 15 is 0 Å². The average molecular weight is 318 g/mol. The third kappa shape index (κ3) is 3.66. The molecule has 0 aliphatic rings. The van der Waals surface area contributed by atoms with Crippen LogP contribution >= 0.6 is 11.3 Å². The summed E-state index contributed by atoms with van der Waals surface area (Å²) in [4.78, 5) is 0.297. The summed E-state index contributed by atoms with van der Waals surface area (Å²) in [5, 5.41) is 7.96. The highest BCUT2D eigenvalue weighted by Crippen LogP contribution is 2.19. The van der Waals surface area contributed by atoms with E-state index in [0.717, 1.165) is 23.2 Å². The minimum atomic E-state index is -3.34. The molecule has 0 fully saturated rings. The van der Waals surface area contributed by atoms with Gasteiger partial charge in [0.2, 0.25) is 14.2 Å². The highest BCUT2D eigenvalue weighted by Gasteiger charge is 2.14. The summed E-state index contributed by atoms with van der Waals surface area (Å²) in [6.07, 6.45) is 1.45. The van der Waals surface area contributed by atoms with Crippen LogP contribution in [-0.4, -0.2) is 33.6 Å². The van der Waals surface area contributed by atoms with Crippen molar-refractivity contribution < 1.29 is 17.2 Å². The maximum absolute atomic E-state index is 11.3. The van der Waals surface area contributed by atoms with Crippen LogP contribution in [0.4, 0.5) is 0 Å². The second kappa shape index (κ2) is 5.45. The van der Waals surface area contributed by atoms with E-state index in [1.807, 2.05) is 0 Å². The monoisotopic (exact) mass is 318 g/mol. The number of aromatic nitrogens is 2. The number of nitrogens with zero attached hydrogens (tertiary/aromatic N) is 2. The molecule has 0 aliphatic heterocycles. The first-order chi connectivity index (χ1) is 8.86. The second-order valence-corrected chi connectivity index (χ2v) is 8.03. The van der Waals surface area contributed by atoms with Gasteiger partial charge in [-0.1, -0.05) is 23.5 Å². The number of hydrogen-bond donors (Lipinski definition) is 1. The summed E-state index contributed by atoms with van der Waals surface area (Å²) >= 11 is -1.03. The van der Waals surface area contributed by atoms with Crippen LogP contribution in [-0.2, 0) is 27.3 Å². The Morgan fingerprint density at radius 2 is 2.11 bits per heavy atom. The van der Waals surface area contributed by atoms with Crippen molar-refractivity contribution in [3.8, 4) is 0 Å². The highest BCUT2D eigenvalue weighted by molar-refractivity contribution is 7.92. The van der Waals surface area contributed by atoms with Crippen LogP contribution in [0.2, 0.25) is 0 Å². The van der Waals surface area contributed by atoms with Crippen molar-refractivity contribution >= 4 is 32.3 Å². The van der Waals surface area contributed by atoms with Crippen LogP contribution < -0.4 is 0 Å². The quantitative estimate of drug-likeness (QED) is 0.848. The summed E-state index contributed by atoms with van der Waals surface area (Å²) in [6.45, 7) is 0. The Kier molecular flexibility index (Phi) is 4.09. The van der Waals surface area contributed by atoms with Gasteiger partial charge in [0.25, 0.3) is 0 Å². The maximum Gasteiger partial charge on any atom is 0.232 e. The molecule has 1 aromatic heterocycles. The maximum atomic E-state index is 11.3. The molecule has 2 aromatic rings. The highest BCUT2D eigenvalue weighted by atomic mass is 32.2. The van der Waals surface area contributed by atoms with Crippen molar-refractivity contribution in [3.05, 3.63) is 34.8 Å². The normalized spacial score (nSPS) is 13.4. The van der Waals surface area contributed by atoms with Crippen molar-refractivity contribution in [2.24, 2.45) is 0 Å². The van der Waals surface area contributed by atoms with Gasteiger partial charge in [-0.25, -0.2) is 12.6 Å². The Bertz CT molecular complexity index is 724. The fraction of sp³-hybridized carbons (Fsp3) is 0.200. The molecule has 1 N–H and O–H groups in total. The summed E-state index contributed by atoms with van der Waals surface area (Å²) in [5.74, 6) is 0. The molecule has 0 saturated heterocycles. The smallest absolute Gasteiger partial charge is 0.232 e. The molecule has 0 bridgehead atoms. The van der Waals surface area contributed by atoms with Crippen molar-refractivity contribution in [3.63, 3.8) is 0 Å². The minimum absolute atomic E-state index is 0.0237. The SMILES string of the molecule is CS(=O)(=O)c1nnc(Cc2cccc(S(=O)O)c2)s1. The number of sulfone groups is 1. The van der Waals surface area contributed by atoms with E-state index < -0.39 is 20.9 Å². The zero-order chi connectivity index (χ0) is 14.0. The van der Waals surface area contributed by atoms with E-state index in [4.69, 9.17) is 4.55 Å². The predicted molar refractivity (Wildman–Crippen MR) is 71.3 cm³/mol. The van der Waals surface area contributed by atoms with Gasteiger partial charge in [0.15, 0.2) is 11.1 Å². The lowest BCUT2D eigenvalue weighted by atomic mass is 10.2. The van der Waals surface area contributed by atoms with Gasteiger partial charge in [-0.05, 0) is 17.7 Å². The third-order valence-electron chi connectivity index (χ3n) is 2.22. The molecule has 0 radical (unpaired) electrons. The summed E-state index contributed by atoms with van der Waals surface area (Å²) in [6, 6.07) is 6.56. The average Bonchev–Trinajstić information content (AvgIpc) is 2.77. The topological polar surface area (TPSA) is 97.2 Å².